The monoisotopic (exact) mass is 342 g/mol. The van der Waals surface area contributed by atoms with E-state index in [2.05, 4.69) is 20.5 Å². The molecule has 0 unspecified atom stereocenters. The van der Waals surface area contributed by atoms with Gasteiger partial charge in [0.05, 0.1) is 6.42 Å². The fraction of sp³-hybridized carbons (Fsp3) is 0.167. The fourth-order valence-electron chi connectivity index (χ4n) is 2.33. The van der Waals surface area contributed by atoms with Crippen LogP contribution in [-0.2, 0) is 24.2 Å². The van der Waals surface area contributed by atoms with Gasteiger partial charge in [0.1, 0.15) is 17.5 Å². The van der Waals surface area contributed by atoms with Gasteiger partial charge < -0.3 is 5.32 Å². The number of hydrogen-bond donors (Lipinski definition) is 2. The topological polar surface area (TPSA) is 70.7 Å². The summed E-state index contributed by atoms with van der Waals surface area (Å²) in [5.74, 6) is -0.0157. The first-order valence-electron chi connectivity index (χ1n) is 7.75. The van der Waals surface area contributed by atoms with Gasteiger partial charge in [0, 0.05) is 18.5 Å². The third kappa shape index (κ3) is 4.69. The van der Waals surface area contributed by atoms with E-state index >= 15 is 0 Å². The molecule has 5 nitrogen and oxygen atoms in total. The van der Waals surface area contributed by atoms with Crippen molar-refractivity contribution in [1.82, 2.24) is 20.5 Å². The molecule has 0 aliphatic rings. The van der Waals surface area contributed by atoms with Crippen LogP contribution >= 0.6 is 0 Å². The standard InChI is InChI=1S/C18H16F2N4O/c19-14-7-5-12(6-8-14)9-16-22-17(24-23-16)10-18(25)21-11-13-3-1-2-4-15(13)20/h1-8H,9-11H2,(H,21,25)(H,22,23,24). The average molecular weight is 342 g/mol. The molecule has 7 heteroatoms. The van der Waals surface area contributed by atoms with E-state index in [0.717, 1.165) is 5.56 Å². The maximum absolute atomic E-state index is 13.5. The number of halogens is 2. The molecule has 3 rings (SSSR count). The summed E-state index contributed by atoms with van der Waals surface area (Å²) in [7, 11) is 0. The lowest BCUT2D eigenvalue weighted by Crippen LogP contribution is -2.25. The van der Waals surface area contributed by atoms with E-state index in [1.807, 2.05) is 0 Å². The molecule has 0 saturated heterocycles. The normalized spacial score (nSPS) is 10.6. The van der Waals surface area contributed by atoms with Crippen molar-refractivity contribution >= 4 is 5.91 Å². The highest BCUT2D eigenvalue weighted by molar-refractivity contribution is 5.77. The lowest BCUT2D eigenvalue weighted by atomic mass is 10.1. The Morgan fingerprint density at radius 3 is 2.60 bits per heavy atom. The molecule has 0 aliphatic carbocycles. The fourth-order valence-corrected chi connectivity index (χ4v) is 2.33. The molecular formula is C18H16F2N4O. The van der Waals surface area contributed by atoms with Crippen molar-refractivity contribution in [3.8, 4) is 0 Å². The molecule has 0 aliphatic heterocycles. The number of amides is 1. The highest BCUT2D eigenvalue weighted by Gasteiger charge is 2.10. The Labute approximate surface area is 143 Å². The number of nitrogens with zero attached hydrogens (tertiary/aromatic N) is 2. The van der Waals surface area contributed by atoms with E-state index in [1.54, 1.807) is 30.3 Å². The lowest BCUT2D eigenvalue weighted by molar-refractivity contribution is -0.120. The lowest BCUT2D eigenvalue weighted by Gasteiger charge is -2.04. The van der Waals surface area contributed by atoms with E-state index in [0.29, 0.717) is 23.6 Å². The first-order valence-corrected chi connectivity index (χ1v) is 7.75. The van der Waals surface area contributed by atoms with Crippen LogP contribution in [0.5, 0.6) is 0 Å². The first-order chi connectivity index (χ1) is 12.1. The molecule has 3 aromatic rings. The van der Waals surface area contributed by atoms with Crippen LogP contribution in [0.2, 0.25) is 0 Å². The maximum atomic E-state index is 13.5. The van der Waals surface area contributed by atoms with E-state index < -0.39 is 0 Å². The SMILES string of the molecule is O=C(Cc1n[nH]c(Cc2ccc(F)cc2)n1)NCc1ccccc1F. The van der Waals surface area contributed by atoms with E-state index in [1.165, 1.54) is 18.2 Å². The van der Waals surface area contributed by atoms with Crippen LogP contribution < -0.4 is 5.32 Å². The molecule has 2 N–H and O–H groups in total. The van der Waals surface area contributed by atoms with Crippen LogP contribution in [0.25, 0.3) is 0 Å². The van der Waals surface area contributed by atoms with Crippen LogP contribution in [0, 0.1) is 11.6 Å². The molecule has 0 atom stereocenters. The Morgan fingerprint density at radius 2 is 1.84 bits per heavy atom. The number of aromatic nitrogens is 3. The molecule has 2 aromatic carbocycles. The molecule has 0 bridgehead atoms. The summed E-state index contributed by atoms with van der Waals surface area (Å²) in [6.07, 6.45) is 0.457. The minimum atomic E-state index is -0.359. The second-order valence-electron chi connectivity index (χ2n) is 5.55. The van der Waals surface area contributed by atoms with Crippen molar-refractivity contribution in [1.29, 1.82) is 0 Å². The summed E-state index contributed by atoms with van der Waals surface area (Å²) in [5.41, 5.74) is 1.30. The highest BCUT2D eigenvalue weighted by atomic mass is 19.1. The van der Waals surface area contributed by atoms with Crippen molar-refractivity contribution in [3.05, 3.63) is 82.9 Å². The molecule has 0 fully saturated rings. The number of rotatable bonds is 6. The zero-order chi connectivity index (χ0) is 17.6. The number of hydrogen-bond acceptors (Lipinski definition) is 3. The number of carbonyl (C=O) groups is 1. The van der Waals surface area contributed by atoms with Crippen molar-refractivity contribution in [2.45, 2.75) is 19.4 Å². The zero-order valence-electron chi connectivity index (χ0n) is 13.3. The van der Waals surface area contributed by atoms with Gasteiger partial charge in [-0.15, -0.1) is 0 Å². The van der Waals surface area contributed by atoms with Gasteiger partial charge in [-0.1, -0.05) is 30.3 Å². The summed E-state index contributed by atoms with van der Waals surface area (Å²) < 4.78 is 26.4. The molecule has 0 radical (unpaired) electrons. The number of carbonyl (C=O) groups excluding carboxylic acids is 1. The quantitative estimate of drug-likeness (QED) is 0.723. The summed E-state index contributed by atoms with van der Waals surface area (Å²) in [5, 5.41) is 9.40. The van der Waals surface area contributed by atoms with Gasteiger partial charge in [-0.3, -0.25) is 9.89 Å². The second kappa shape index (κ2) is 7.65. The van der Waals surface area contributed by atoms with Crippen molar-refractivity contribution in [2.75, 3.05) is 0 Å². The smallest absolute Gasteiger partial charge is 0.228 e. The van der Waals surface area contributed by atoms with Gasteiger partial charge in [-0.25, -0.2) is 13.8 Å². The second-order valence-corrected chi connectivity index (χ2v) is 5.55. The van der Waals surface area contributed by atoms with Gasteiger partial charge in [-0.2, -0.15) is 5.10 Å². The highest BCUT2D eigenvalue weighted by Crippen LogP contribution is 2.08. The van der Waals surface area contributed by atoms with Crippen LogP contribution in [0.4, 0.5) is 8.78 Å². The first kappa shape index (κ1) is 16.8. The van der Waals surface area contributed by atoms with Crippen LogP contribution in [0.1, 0.15) is 22.8 Å². The number of aromatic amines is 1. The van der Waals surface area contributed by atoms with Gasteiger partial charge >= 0.3 is 0 Å². The molecule has 1 aromatic heterocycles. The Morgan fingerprint density at radius 1 is 1.08 bits per heavy atom. The summed E-state index contributed by atoms with van der Waals surface area (Å²) in [4.78, 5) is 16.2. The third-order valence-corrected chi connectivity index (χ3v) is 3.62. The largest absolute Gasteiger partial charge is 0.352 e. The van der Waals surface area contributed by atoms with Crippen molar-refractivity contribution in [3.63, 3.8) is 0 Å². The van der Waals surface area contributed by atoms with E-state index in [9.17, 15) is 13.6 Å². The van der Waals surface area contributed by atoms with Crippen LogP contribution in [-0.4, -0.2) is 21.1 Å². The van der Waals surface area contributed by atoms with Crippen LogP contribution in [0.15, 0.2) is 48.5 Å². The van der Waals surface area contributed by atoms with Gasteiger partial charge in [0.2, 0.25) is 5.91 Å². The number of benzene rings is 2. The van der Waals surface area contributed by atoms with E-state index in [-0.39, 0.29) is 30.5 Å². The molecular weight excluding hydrogens is 326 g/mol. The molecule has 1 heterocycles. The minimum absolute atomic E-state index is 0.00558. The Balaban J connectivity index is 1.53. The molecule has 128 valence electrons. The summed E-state index contributed by atoms with van der Waals surface area (Å²) in [6, 6.07) is 12.4. The summed E-state index contributed by atoms with van der Waals surface area (Å²) in [6.45, 7) is 0.109. The summed E-state index contributed by atoms with van der Waals surface area (Å²) >= 11 is 0. The Hall–Kier alpha value is -3.09. The zero-order valence-corrected chi connectivity index (χ0v) is 13.3. The Kier molecular flexibility index (Phi) is 5.13. The van der Waals surface area contributed by atoms with Crippen LogP contribution in [0.3, 0.4) is 0 Å². The molecule has 25 heavy (non-hydrogen) atoms. The predicted octanol–water partition coefficient (Wildman–Crippen LogP) is 2.53. The molecule has 0 saturated carbocycles. The van der Waals surface area contributed by atoms with E-state index in [4.69, 9.17) is 0 Å². The average Bonchev–Trinajstić information content (AvgIpc) is 3.03. The third-order valence-electron chi connectivity index (χ3n) is 3.62. The van der Waals surface area contributed by atoms with Gasteiger partial charge in [-0.05, 0) is 23.8 Å². The van der Waals surface area contributed by atoms with Crippen molar-refractivity contribution < 1.29 is 13.6 Å². The number of H-pyrrole nitrogens is 1. The van der Waals surface area contributed by atoms with Gasteiger partial charge in [0.25, 0.3) is 0 Å². The Bertz CT molecular complexity index is 862. The van der Waals surface area contributed by atoms with Gasteiger partial charge in [0.15, 0.2) is 5.82 Å². The maximum Gasteiger partial charge on any atom is 0.228 e. The molecule has 0 spiro atoms. The predicted molar refractivity (Wildman–Crippen MR) is 87.5 cm³/mol. The molecule has 1 amide bonds. The number of nitrogens with one attached hydrogen (secondary N) is 2. The van der Waals surface area contributed by atoms with Crippen molar-refractivity contribution in [2.24, 2.45) is 0 Å². The minimum Gasteiger partial charge on any atom is -0.352 e.